The Hall–Kier alpha value is -3.29. The highest BCUT2D eigenvalue weighted by Gasteiger charge is 2.32. The van der Waals surface area contributed by atoms with Crippen molar-refractivity contribution in [1.29, 1.82) is 0 Å². The molecule has 0 aliphatic carbocycles. The second-order valence-electron chi connectivity index (χ2n) is 6.85. The molecule has 2 aromatic heterocycles. The van der Waals surface area contributed by atoms with E-state index in [0.29, 0.717) is 40.1 Å². The van der Waals surface area contributed by atoms with Gasteiger partial charge in [-0.05, 0) is 19.9 Å². The highest BCUT2D eigenvalue weighted by Crippen LogP contribution is 2.26. The number of aryl methyl sites for hydroxylation is 1. The Balaban J connectivity index is 1.69. The molecule has 0 spiro atoms. The summed E-state index contributed by atoms with van der Waals surface area (Å²) in [6.45, 7) is 4.07. The van der Waals surface area contributed by atoms with Crippen molar-refractivity contribution in [2.75, 3.05) is 0 Å². The zero-order chi connectivity index (χ0) is 19.3. The van der Waals surface area contributed by atoms with Gasteiger partial charge in [0.05, 0.1) is 41.3 Å². The third-order valence-corrected chi connectivity index (χ3v) is 5.20. The van der Waals surface area contributed by atoms with Crippen LogP contribution in [0.5, 0.6) is 0 Å². The molecule has 8 nitrogen and oxygen atoms in total. The second-order valence-corrected chi connectivity index (χ2v) is 6.85. The Kier molecular flexibility index (Phi) is 3.91. The Morgan fingerprint density at radius 1 is 1.19 bits per heavy atom. The molecule has 1 amide bonds. The largest absolute Gasteiger partial charge is 0.332 e. The van der Waals surface area contributed by atoms with Crippen LogP contribution in [-0.2, 0) is 24.9 Å². The maximum absolute atomic E-state index is 13.1. The van der Waals surface area contributed by atoms with Gasteiger partial charge in [-0.1, -0.05) is 18.2 Å². The molecule has 8 heteroatoms. The fraction of sp³-hybridized carbons (Fsp3) is 0.316. The molecule has 0 fully saturated rings. The normalized spacial score (nSPS) is 14.4. The van der Waals surface area contributed by atoms with Gasteiger partial charge >= 0.3 is 0 Å². The van der Waals surface area contributed by atoms with Crippen LogP contribution in [-0.4, -0.2) is 30.6 Å². The Labute approximate surface area is 154 Å². The van der Waals surface area contributed by atoms with Gasteiger partial charge in [-0.15, -0.1) is 0 Å². The van der Waals surface area contributed by atoms with E-state index in [1.54, 1.807) is 44.0 Å². The standard InChI is InChI=1S/C19H19N5O3/c1-10(16-12-6-4-5-7-13(12)17(25)22-21-16)18(26)24-8-14-15(9-24)20-11(2)23(3)19(14)27/h4-7,10H,8-9H2,1-3H3,(H,22,25)/t10-/m1/s1. The molecule has 1 aliphatic rings. The van der Waals surface area contributed by atoms with Crippen LogP contribution in [0.25, 0.3) is 10.8 Å². The zero-order valence-corrected chi connectivity index (χ0v) is 15.3. The molecule has 4 rings (SSSR count). The lowest BCUT2D eigenvalue weighted by Gasteiger charge is -2.20. The highest BCUT2D eigenvalue weighted by atomic mass is 16.2. The first-order chi connectivity index (χ1) is 12.9. The lowest BCUT2D eigenvalue weighted by molar-refractivity contribution is -0.133. The van der Waals surface area contributed by atoms with Gasteiger partial charge < -0.3 is 4.90 Å². The summed E-state index contributed by atoms with van der Waals surface area (Å²) >= 11 is 0. The number of rotatable bonds is 2. The van der Waals surface area contributed by atoms with E-state index in [2.05, 4.69) is 15.2 Å². The van der Waals surface area contributed by atoms with Crippen molar-refractivity contribution in [2.24, 2.45) is 7.05 Å². The van der Waals surface area contributed by atoms with E-state index in [9.17, 15) is 14.4 Å². The molecular weight excluding hydrogens is 346 g/mol. The van der Waals surface area contributed by atoms with Crippen LogP contribution in [0, 0.1) is 6.92 Å². The summed E-state index contributed by atoms with van der Waals surface area (Å²) < 4.78 is 1.49. The number of nitrogens with zero attached hydrogens (tertiary/aromatic N) is 4. The maximum atomic E-state index is 13.1. The quantitative estimate of drug-likeness (QED) is 0.729. The van der Waals surface area contributed by atoms with Gasteiger partial charge in [0.15, 0.2) is 0 Å². The van der Waals surface area contributed by atoms with Crippen LogP contribution in [0.2, 0.25) is 0 Å². The average molecular weight is 365 g/mol. The van der Waals surface area contributed by atoms with Crippen LogP contribution in [0.3, 0.4) is 0 Å². The fourth-order valence-corrected chi connectivity index (χ4v) is 3.54. The number of aromatic nitrogens is 4. The van der Waals surface area contributed by atoms with E-state index in [-0.39, 0.29) is 23.6 Å². The van der Waals surface area contributed by atoms with Crippen LogP contribution in [0.1, 0.15) is 35.6 Å². The lowest BCUT2D eigenvalue weighted by Crippen LogP contribution is -2.31. The summed E-state index contributed by atoms with van der Waals surface area (Å²) in [5.41, 5.74) is 1.32. The first-order valence-electron chi connectivity index (χ1n) is 8.70. The molecule has 0 unspecified atom stereocenters. The number of hydrogen-bond donors (Lipinski definition) is 1. The summed E-state index contributed by atoms with van der Waals surface area (Å²) in [5, 5.41) is 7.75. The van der Waals surface area contributed by atoms with Crippen molar-refractivity contribution < 1.29 is 4.79 Å². The number of fused-ring (bicyclic) bond motifs is 2. The number of benzene rings is 1. The van der Waals surface area contributed by atoms with Gasteiger partial charge in [0.1, 0.15) is 5.82 Å². The molecule has 0 bridgehead atoms. The predicted octanol–water partition coefficient (Wildman–Crippen LogP) is 0.971. The first kappa shape index (κ1) is 17.1. The number of amides is 1. The Bertz CT molecular complexity index is 1190. The average Bonchev–Trinajstić information content (AvgIpc) is 3.09. The maximum Gasteiger partial charge on any atom is 0.272 e. The molecule has 0 radical (unpaired) electrons. The van der Waals surface area contributed by atoms with Crippen molar-refractivity contribution in [3.63, 3.8) is 0 Å². The summed E-state index contributed by atoms with van der Waals surface area (Å²) in [5.74, 6) is -0.0992. The van der Waals surface area contributed by atoms with Crippen molar-refractivity contribution in [2.45, 2.75) is 32.9 Å². The molecule has 1 N–H and O–H groups in total. The van der Waals surface area contributed by atoms with E-state index in [1.807, 2.05) is 6.07 Å². The van der Waals surface area contributed by atoms with Gasteiger partial charge in [0, 0.05) is 12.4 Å². The molecule has 1 atom stereocenters. The van der Waals surface area contributed by atoms with Crippen molar-refractivity contribution in [3.8, 4) is 0 Å². The molecule has 3 aromatic rings. The van der Waals surface area contributed by atoms with Gasteiger partial charge in [0.2, 0.25) is 5.91 Å². The molecule has 1 aromatic carbocycles. The molecule has 27 heavy (non-hydrogen) atoms. The molecule has 3 heterocycles. The van der Waals surface area contributed by atoms with Crippen molar-refractivity contribution in [1.82, 2.24) is 24.6 Å². The smallest absolute Gasteiger partial charge is 0.272 e. The third-order valence-electron chi connectivity index (χ3n) is 5.20. The van der Waals surface area contributed by atoms with Crippen molar-refractivity contribution in [3.05, 3.63) is 67.7 Å². The molecule has 1 aliphatic heterocycles. The van der Waals surface area contributed by atoms with E-state index in [1.165, 1.54) is 4.57 Å². The third kappa shape index (κ3) is 2.64. The summed E-state index contributed by atoms with van der Waals surface area (Å²) in [7, 11) is 1.68. The molecule has 138 valence electrons. The van der Waals surface area contributed by atoms with Crippen LogP contribution < -0.4 is 11.1 Å². The van der Waals surface area contributed by atoms with E-state index in [4.69, 9.17) is 0 Å². The van der Waals surface area contributed by atoms with Crippen LogP contribution >= 0.6 is 0 Å². The lowest BCUT2D eigenvalue weighted by atomic mass is 10.0. The summed E-state index contributed by atoms with van der Waals surface area (Å²) in [4.78, 5) is 43.5. The Morgan fingerprint density at radius 2 is 1.89 bits per heavy atom. The number of carbonyl (C=O) groups is 1. The van der Waals surface area contributed by atoms with E-state index in [0.717, 1.165) is 0 Å². The number of nitrogens with one attached hydrogen (secondary N) is 1. The minimum absolute atomic E-state index is 0.118. The number of carbonyl (C=O) groups excluding carboxylic acids is 1. The van der Waals surface area contributed by atoms with Gasteiger partial charge in [-0.3, -0.25) is 19.0 Å². The number of aromatic amines is 1. The van der Waals surface area contributed by atoms with Crippen molar-refractivity contribution >= 4 is 16.7 Å². The molecular formula is C19H19N5O3. The first-order valence-corrected chi connectivity index (χ1v) is 8.70. The van der Waals surface area contributed by atoms with E-state index >= 15 is 0 Å². The van der Waals surface area contributed by atoms with Crippen LogP contribution in [0.4, 0.5) is 0 Å². The summed E-state index contributed by atoms with van der Waals surface area (Å²) in [6, 6.07) is 7.08. The highest BCUT2D eigenvalue weighted by molar-refractivity contribution is 5.91. The monoisotopic (exact) mass is 365 g/mol. The molecule has 0 saturated carbocycles. The van der Waals surface area contributed by atoms with Gasteiger partial charge in [-0.2, -0.15) is 5.10 Å². The van der Waals surface area contributed by atoms with Crippen LogP contribution in [0.15, 0.2) is 33.9 Å². The number of hydrogen-bond acceptors (Lipinski definition) is 5. The van der Waals surface area contributed by atoms with Gasteiger partial charge in [0.25, 0.3) is 11.1 Å². The SMILES string of the molecule is Cc1nc2c(c(=O)n1C)CN(C(=O)[C@H](C)c1n[nH]c(=O)c3ccccc13)C2. The Morgan fingerprint density at radius 3 is 2.63 bits per heavy atom. The molecule has 0 saturated heterocycles. The number of H-pyrrole nitrogens is 1. The summed E-state index contributed by atoms with van der Waals surface area (Å²) in [6.07, 6.45) is 0. The van der Waals surface area contributed by atoms with E-state index < -0.39 is 5.92 Å². The predicted molar refractivity (Wildman–Crippen MR) is 99.2 cm³/mol. The fourth-order valence-electron chi connectivity index (χ4n) is 3.54. The van der Waals surface area contributed by atoms with Gasteiger partial charge in [-0.25, -0.2) is 10.1 Å². The topological polar surface area (TPSA) is 101 Å². The minimum Gasteiger partial charge on any atom is -0.332 e. The minimum atomic E-state index is -0.564. The second kappa shape index (κ2) is 6.15. The zero-order valence-electron chi connectivity index (χ0n) is 15.3.